The Kier molecular flexibility index (Phi) is 6.64. The number of hydrogen-bond donors (Lipinski definition) is 0. The maximum Gasteiger partial charge on any atom is 0.250 e. The van der Waals surface area contributed by atoms with E-state index in [9.17, 15) is 4.79 Å². The minimum Gasteiger partial charge on any atom is -0.538 e. The van der Waals surface area contributed by atoms with E-state index in [2.05, 4.69) is 83.7 Å². The number of hydrogen-bond acceptors (Lipinski definition) is 4. The fourth-order valence-corrected chi connectivity index (χ4v) is 4.12. The average molecular weight is 450 g/mol. The Morgan fingerprint density at radius 3 is 1.88 bits per heavy atom. The Bertz CT molecular complexity index is 667. The van der Waals surface area contributed by atoms with Gasteiger partial charge >= 0.3 is 0 Å². The van der Waals surface area contributed by atoms with E-state index in [1.54, 1.807) is 0 Å². The molecule has 0 aliphatic rings. The predicted octanol–water partition coefficient (Wildman–Crippen LogP) is 6.31. The summed E-state index contributed by atoms with van der Waals surface area (Å²) < 4.78 is 18.4. The Hall–Kier alpha value is -0.376. The standard InChI is InChI=1S/C18H33BrO4Si2/c1-17(2,3)24(7,8)21-12-13-11-14(20)15(16(19)22-13)23-25(9,10)18(4,5)6/h11H,12H2,1-10H3. The van der Waals surface area contributed by atoms with E-state index in [1.165, 1.54) is 6.07 Å². The Morgan fingerprint density at radius 1 is 1.00 bits per heavy atom. The zero-order valence-electron chi connectivity index (χ0n) is 17.3. The quantitative estimate of drug-likeness (QED) is 0.495. The van der Waals surface area contributed by atoms with E-state index in [0.717, 1.165) is 0 Å². The highest BCUT2D eigenvalue weighted by atomic mass is 79.9. The van der Waals surface area contributed by atoms with E-state index in [-0.39, 0.29) is 21.3 Å². The molecule has 0 fully saturated rings. The minimum atomic E-state index is -2.11. The van der Waals surface area contributed by atoms with Crippen molar-refractivity contribution in [1.29, 1.82) is 0 Å². The molecule has 144 valence electrons. The number of halogens is 1. The van der Waals surface area contributed by atoms with Gasteiger partial charge in [-0.15, -0.1) is 0 Å². The van der Waals surface area contributed by atoms with Crippen LogP contribution in [0.1, 0.15) is 47.3 Å². The molecule has 1 heterocycles. The molecule has 0 aromatic carbocycles. The summed E-state index contributed by atoms with van der Waals surface area (Å²) in [6.45, 7) is 21.8. The molecule has 0 saturated heterocycles. The molecule has 4 nitrogen and oxygen atoms in total. The van der Waals surface area contributed by atoms with Crippen LogP contribution in [0, 0.1) is 0 Å². The van der Waals surface area contributed by atoms with Gasteiger partial charge in [0.2, 0.25) is 15.8 Å². The summed E-state index contributed by atoms with van der Waals surface area (Å²) in [7, 11) is -4.01. The fraction of sp³-hybridized carbons (Fsp3) is 0.722. The third-order valence-electron chi connectivity index (χ3n) is 5.46. The molecule has 0 unspecified atom stereocenters. The lowest BCUT2D eigenvalue weighted by Crippen LogP contribution is -2.45. The zero-order chi connectivity index (χ0) is 19.8. The highest BCUT2D eigenvalue weighted by Crippen LogP contribution is 2.39. The van der Waals surface area contributed by atoms with Gasteiger partial charge in [-0.3, -0.25) is 4.79 Å². The highest BCUT2D eigenvalue weighted by molar-refractivity contribution is 9.10. The lowest BCUT2D eigenvalue weighted by molar-refractivity contribution is 0.238. The van der Waals surface area contributed by atoms with Crippen LogP contribution in [0.5, 0.6) is 5.75 Å². The Labute approximate surface area is 162 Å². The van der Waals surface area contributed by atoms with Gasteiger partial charge in [-0.05, 0) is 52.2 Å². The lowest BCUT2D eigenvalue weighted by atomic mass is 10.2. The van der Waals surface area contributed by atoms with E-state index in [1.807, 2.05) is 0 Å². The number of rotatable bonds is 5. The second-order valence-electron chi connectivity index (χ2n) is 9.59. The molecule has 0 saturated carbocycles. The van der Waals surface area contributed by atoms with Crippen molar-refractivity contribution in [2.45, 2.75) is 84.4 Å². The lowest BCUT2D eigenvalue weighted by Gasteiger charge is -2.36. The third kappa shape index (κ3) is 5.55. The van der Waals surface area contributed by atoms with Crippen LogP contribution < -0.4 is 9.85 Å². The normalized spacial score (nSPS) is 13.9. The van der Waals surface area contributed by atoms with Crippen molar-refractivity contribution in [3.63, 3.8) is 0 Å². The maximum absolute atomic E-state index is 12.5. The molecule has 25 heavy (non-hydrogen) atoms. The summed E-state index contributed by atoms with van der Waals surface area (Å²) in [5.41, 5.74) is -0.170. The molecule has 1 aromatic heterocycles. The zero-order valence-corrected chi connectivity index (χ0v) is 20.9. The topological polar surface area (TPSA) is 48.7 Å². The summed E-state index contributed by atoms with van der Waals surface area (Å²) in [6.07, 6.45) is 0. The van der Waals surface area contributed by atoms with Crippen LogP contribution in [0.3, 0.4) is 0 Å². The van der Waals surface area contributed by atoms with Crippen molar-refractivity contribution >= 4 is 32.6 Å². The molecule has 0 N–H and O–H groups in total. The predicted molar refractivity (Wildman–Crippen MR) is 112 cm³/mol. The van der Waals surface area contributed by atoms with Crippen molar-refractivity contribution in [1.82, 2.24) is 0 Å². The highest BCUT2D eigenvalue weighted by Gasteiger charge is 2.40. The third-order valence-corrected chi connectivity index (χ3v) is 14.8. The average Bonchev–Trinajstić information content (AvgIpc) is 2.38. The SMILES string of the molecule is CC(C)(C)[Si](C)(C)OCc1cc(=O)c(O[Si](C)(C)C(C)(C)C)c(Br)o1. The van der Waals surface area contributed by atoms with Gasteiger partial charge in [0.15, 0.2) is 8.32 Å². The first-order valence-corrected chi connectivity index (χ1v) is 15.2. The maximum atomic E-state index is 12.5. The van der Waals surface area contributed by atoms with E-state index < -0.39 is 16.6 Å². The van der Waals surface area contributed by atoms with Gasteiger partial charge in [0.05, 0.1) is 6.61 Å². The minimum absolute atomic E-state index is 0.00297. The molecule has 0 aliphatic heterocycles. The van der Waals surface area contributed by atoms with Gasteiger partial charge < -0.3 is 13.3 Å². The largest absolute Gasteiger partial charge is 0.538 e. The van der Waals surface area contributed by atoms with Gasteiger partial charge in [0, 0.05) is 6.07 Å². The van der Waals surface area contributed by atoms with Crippen LogP contribution in [0.15, 0.2) is 19.9 Å². The van der Waals surface area contributed by atoms with Crippen LogP contribution >= 0.6 is 15.9 Å². The van der Waals surface area contributed by atoms with Gasteiger partial charge in [-0.25, -0.2) is 0 Å². The first-order chi connectivity index (χ1) is 11.0. The van der Waals surface area contributed by atoms with Crippen LogP contribution in [-0.4, -0.2) is 16.6 Å². The molecule has 1 aromatic rings. The molecule has 0 aliphatic carbocycles. The van der Waals surface area contributed by atoms with Gasteiger partial charge in [0.1, 0.15) is 5.76 Å². The first kappa shape index (κ1) is 22.7. The van der Waals surface area contributed by atoms with Crippen molar-refractivity contribution < 1.29 is 13.3 Å². The van der Waals surface area contributed by atoms with Crippen molar-refractivity contribution in [2.24, 2.45) is 0 Å². The van der Waals surface area contributed by atoms with Crippen LogP contribution in [0.4, 0.5) is 0 Å². The van der Waals surface area contributed by atoms with Gasteiger partial charge in [0.25, 0.3) is 8.32 Å². The molecule has 0 radical (unpaired) electrons. The summed E-state index contributed by atoms with van der Waals surface area (Å²) in [4.78, 5) is 12.5. The van der Waals surface area contributed by atoms with Crippen molar-refractivity contribution in [3.8, 4) is 5.75 Å². The van der Waals surface area contributed by atoms with Crippen LogP contribution in [0.25, 0.3) is 0 Å². The van der Waals surface area contributed by atoms with E-state index in [4.69, 9.17) is 13.3 Å². The summed E-state index contributed by atoms with van der Waals surface area (Å²) in [6, 6.07) is 1.49. The van der Waals surface area contributed by atoms with Crippen molar-refractivity contribution in [3.05, 3.63) is 26.7 Å². The molecule has 0 bridgehead atoms. The van der Waals surface area contributed by atoms with Gasteiger partial charge in [-0.2, -0.15) is 0 Å². The molecule has 0 spiro atoms. The molecule has 7 heteroatoms. The molecule has 1 rings (SSSR count). The van der Waals surface area contributed by atoms with Crippen molar-refractivity contribution in [2.75, 3.05) is 0 Å². The molecule has 0 amide bonds. The summed E-state index contributed by atoms with van der Waals surface area (Å²) in [5, 5.41) is 0.110. The smallest absolute Gasteiger partial charge is 0.250 e. The molecule has 0 atom stereocenters. The monoisotopic (exact) mass is 448 g/mol. The first-order valence-electron chi connectivity index (χ1n) is 8.63. The molecular formula is C18H33BrO4Si2. The fourth-order valence-electron chi connectivity index (χ4n) is 1.54. The Balaban J connectivity index is 3.03. The second-order valence-corrected chi connectivity index (χ2v) is 19.8. The van der Waals surface area contributed by atoms with E-state index >= 15 is 0 Å². The Morgan fingerprint density at radius 2 is 1.48 bits per heavy atom. The summed E-state index contributed by atoms with van der Waals surface area (Å²) in [5.74, 6) is 0.784. The second kappa shape index (κ2) is 7.33. The van der Waals surface area contributed by atoms with E-state index in [0.29, 0.717) is 17.0 Å². The van der Waals surface area contributed by atoms with Crippen LogP contribution in [-0.2, 0) is 11.0 Å². The van der Waals surface area contributed by atoms with Crippen LogP contribution in [0.2, 0.25) is 36.3 Å². The molecular weight excluding hydrogens is 416 g/mol. The summed E-state index contributed by atoms with van der Waals surface area (Å²) >= 11 is 3.36. The van der Waals surface area contributed by atoms with Gasteiger partial charge in [-0.1, -0.05) is 41.5 Å².